The van der Waals surface area contributed by atoms with Crippen LogP contribution >= 0.6 is 0 Å². The number of anilines is 1. The van der Waals surface area contributed by atoms with Crippen molar-refractivity contribution < 1.29 is 19.2 Å². The van der Waals surface area contributed by atoms with Crippen molar-refractivity contribution in [3.8, 4) is 0 Å². The first-order valence-electron chi connectivity index (χ1n) is 8.24. The van der Waals surface area contributed by atoms with E-state index in [1.165, 1.54) is 4.81 Å². The highest BCUT2D eigenvalue weighted by atomic mass is 16.7. The fourth-order valence-electron chi connectivity index (χ4n) is 4.86. The van der Waals surface area contributed by atoms with Gasteiger partial charge in [0.25, 0.3) is 0 Å². The van der Waals surface area contributed by atoms with Gasteiger partial charge in [-0.25, -0.2) is 4.79 Å². The van der Waals surface area contributed by atoms with Crippen molar-refractivity contribution >= 4 is 19.0 Å². The average molecular weight is 315 g/mol. The highest BCUT2D eigenvalue weighted by Gasteiger charge is 2.69. The molecule has 1 saturated heterocycles. The van der Waals surface area contributed by atoms with Crippen molar-refractivity contribution in [2.75, 3.05) is 4.81 Å². The van der Waals surface area contributed by atoms with E-state index in [9.17, 15) is 9.90 Å². The molecule has 1 heterocycles. The molecular formula is C17H22BNO4. The van der Waals surface area contributed by atoms with Crippen LogP contribution in [0.1, 0.15) is 33.6 Å². The van der Waals surface area contributed by atoms with Crippen LogP contribution < -0.4 is 4.81 Å². The Kier molecular flexibility index (Phi) is 3.10. The minimum absolute atomic E-state index is 0.0326. The molecule has 4 atom stereocenters. The standard InChI is InChI=1S/C17H22BNO4/c1-16(2)11-9-13(16)17(3)14(10-11)22-18(23-17)19(15(20)21)12-7-5-4-6-8-12/h4-8,11,13-14H,9-10H2,1-3H3,(H,20,21)/t11-,13-,14+,17-/m0/s1. The van der Waals surface area contributed by atoms with Gasteiger partial charge in [-0.05, 0) is 49.1 Å². The van der Waals surface area contributed by atoms with E-state index < -0.39 is 18.9 Å². The van der Waals surface area contributed by atoms with Crippen molar-refractivity contribution in [3.05, 3.63) is 30.3 Å². The van der Waals surface area contributed by atoms with Crippen molar-refractivity contribution in [2.24, 2.45) is 17.3 Å². The van der Waals surface area contributed by atoms with Gasteiger partial charge in [-0.15, -0.1) is 0 Å². The van der Waals surface area contributed by atoms with Crippen molar-refractivity contribution in [3.63, 3.8) is 0 Å². The summed E-state index contributed by atoms with van der Waals surface area (Å²) in [5, 5.41) is 9.65. The number of para-hydroxylation sites is 1. The Labute approximate surface area is 136 Å². The van der Waals surface area contributed by atoms with Gasteiger partial charge in [0.15, 0.2) is 0 Å². The molecule has 0 radical (unpaired) electrons. The highest BCUT2D eigenvalue weighted by molar-refractivity contribution is 6.56. The minimum atomic E-state index is -1.06. The van der Waals surface area contributed by atoms with Gasteiger partial charge in [0.2, 0.25) is 0 Å². The molecule has 4 aliphatic rings. The largest absolute Gasteiger partial charge is 0.603 e. The molecule has 1 amide bonds. The molecule has 1 N–H and O–H groups in total. The molecule has 6 heteroatoms. The molecule has 122 valence electrons. The van der Waals surface area contributed by atoms with Crippen molar-refractivity contribution in [2.45, 2.75) is 45.3 Å². The summed E-state index contributed by atoms with van der Waals surface area (Å²) >= 11 is 0. The van der Waals surface area contributed by atoms with Gasteiger partial charge in [-0.2, -0.15) is 0 Å². The molecule has 3 aliphatic carbocycles. The number of nitrogens with zero attached hydrogens (tertiary/aromatic N) is 1. The van der Waals surface area contributed by atoms with Gasteiger partial charge >= 0.3 is 13.3 Å². The summed E-state index contributed by atoms with van der Waals surface area (Å²) in [6.45, 7) is 6.66. The lowest BCUT2D eigenvalue weighted by Gasteiger charge is -2.64. The molecule has 3 saturated carbocycles. The fourth-order valence-corrected chi connectivity index (χ4v) is 4.86. The fraction of sp³-hybridized carbons (Fsp3) is 0.588. The summed E-state index contributed by atoms with van der Waals surface area (Å²) in [5.74, 6) is 1.05. The number of rotatable bonds is 2. The molecule has 5 rings (SSSR count). The first-order chi connectivity index (χ1) is 10.8. The van der Waals surface area contributed by atoms with Gasteiger partial charge in [0, 0.05) is 5.69 Å². The maximum atomic E-state index is 11.8. The number of amides is 1. The second kappa shape index (κ2) is 4.74. The maximum absolute atomic E-state index is 11.8. The SMILES string of the molecule is CC1(C)[C@@H]2C[C@H]3OB(N(C(=O)O)c4ccccc4)O[C@@]3(C)[C@H]1C2. The van der Waals surface area contributed by atoms with Crippen LogP contribution in [0.2, 0.25) is 0 Å². The van der Waals surface area contributed by atoms with E-state index in [-0.39, 0.29) is 11.5 Å². The van der Waals surface area contributed by atoms with Gasteiger partial charge in [0.05, 0.1) is 11.7 Å². The zero-order chi connectivity index (χ0) is 16.4. The third-order valence-electron chi connectivity index (χ3n) is 6.39. The molecule has 1 aromatic rings. The number of carboxylic acid groups (broad SMARTS) is 1. The van der Waals surface area contributed by atoms with Crippen LogP contribution in [0, 0.1) is 17.3 Å². The summed E-state index contributed by atoms with van der Waals surface area (Å²) in [7, 11) is -0.875. The Hall–Kier alpha value is -1.53. The van der Waals surface area contributed by atoms with Gasteiger partial charge in [-0.1, -0.05) is 32.0 Å². The summed E-state index contributed by atoms with van der Waals surface area (Å²) in [5.41, 5.74) is 0.397. The Balaban J connectivity index is 1.63. The second-order valence-corrected chi connectivity index (χ2v) is 7.76. The molecule has 2 bridgehead atoms. The zero-order valence-electron chi connectivity index (χ0n) is 13.7. The van der Waals surface area contributed by atoms with E-state index in [0.29, 0.717) is 17.5 Å². The third kappa shape index (κ3) is 1.98. The lowest BCUT2D eigenvalue weighted by atomic mass is 9.43. The monoisotopic (exact) mass is 315 g/mol. The quantitative estimate of drug-likeness (QED) is 0.850. The Morgan fingerprint density at radius 3 is 2.57 bits per heavy atom. The molecule has 4 fully saturated rings. The van der Waals surface area contributed by atoms with E-state index in [4.69, 9.17) is 9.31 Å². The van der Waals surface area contributed by atoms with Crippen LogP contribution in [0.15, 0.2) is 30.3 Å². The molecule has 0 spiro atoms. The number of carbonyl (C=O) groups is 1. The summed E-state index contributed by atoms with van der Waals surface area (Å²) in [4.78, 5) is 13.0. The molecule has 0 unspecified atom stereocenters. The Morgan fingerprint density at radius 1 is 1.26 bits per heavy atom. The van der Waals surface area contributed by atoms with Gasteiger partial charge in [0.1, 0.15) is 0 Å². The second-order valence-electron chi connectivity index (χ2n) is 7.76. The molecule has 1 aromatic carbocycles. The van der Waals surface area contributed by atoms with Crippen molar-refractivity contribution in [1.82, 2.24) is 0 Å². The van der Waals surface area contributed by atoms with Crippen LogP contribution in [0.25, 0.3) is 0 Å². The van der Waals surface area contributed by atoms with Gasteiger partial charge in [-0.3, -0.25) is 4.81 Å². The molecule has 1 aliphatic heterocycles. The lowest BCUT2D eigenvalue weighted by molar-refractivity contribution is -0.199. The van der Waals surface area contributed by atoms with Gasteiger partial charge < -0.3 is 14.4 Å². The molecular weight excluding hydrogens is 293 g/mol. The molecule has 5 nitrogen and oxygen atoms in total. The zero-order valence-corrected chi connectivity index (χ0v) is 13.7. The number of hydrogen-bond donors (Lipinski definition) is 1. The van der Waals surface area contributed by atoms with E-state index in [1.807, 2.05) is 18.2 Å². The molecule has 0 aromatic heterocycles. The number of hydrogen-bond acceptors (Lipinski definition) is 3. The third-order valence-corrected chi connectivity index (χ3v) is 6.39. The van der Waals surface area contributed by atoms with Crippen molar-refractivity contribution in [1.29, 1.82) is 0 Å². The van der Waals surface area contributed by atoms with Crippen LogP contribution in [-0.4, -0.2) is 30.2 Å². The minimum Gasteiger partial charge on any atom is -0.465 e. The first-order valence-corrected chi connectivity index (χ1v) is 8.24. The topological polar surface area (TPSA) is 59.0 Å². The summed E-state index contributed by atoms with van der Waals surface area (Å²) < 4.78 is 12.3. The maximum Gasteiger partial charge on any atom is 0.603 e. The molecule has 23 heavy (non-hydrogen) atoms. The predicted molar refractivity (Wildman–Crippen MR) is 87.1 cm³/mol. The van der Waals surface area contributed by atoms with Crippen LogP contribution in [0.5, 0.6) is 0 Å². The smallest absolute Gasteiger partial charge is 0.465 e. The summed E-state index contributed by atoms with van der Waals surface area (Å²) in [6, 6.07) is 9.01. The Morgan fingerprint density at radius 2 is 1.96 bits per heavy atom. The van der Waals surface area contributed by atoms with E-state index in [1.54, 1.807) is 12.1 Å². The first kappa shape index (κ1) is 15.0. The van der Waals surface area contributed by atoms with Crippen LogP contribution in [0.4, 0.5) is 10.5 Å². The predicted octanol–water partition coefficient (Wildman–Crippen LogP) is 3.40. The Bertz CT molecular complexity index is 637. The average Bonchev–Trinajstić information content (AvgIpc) is 2.84. The van der Waals surface area contributed by atoms with E-state index in [0.717, 1.165) is 12.8 Å². The van der Waals surface area contributed by atoms with E-state index in [2.05, 4.69) is 20.8 Å². The highest BCUT2D eigenvalue weighted by Crippen LogP contribution is 2.65. The van der Waals surface area contributed by atoms with Crippen LogP contribution in [0.3, 0.4) is 0 Å². The van der Waals surface area contributed by atoms with E-state index >= 15 is 0 Å². The summed E-state index contributed by atoms with van der Waals surface area (Å²) in [6.07, 6.45) is 0.998. The lowest BCUT2D eigenvalue weighted by Crippen LogP contribution is -2.65. The normalized spacial score (nSPS) is 37.0. The van der Waals surface area contributed by atoms with Crippen LogP contribution in [-0.2, 0) is 9.31 Å². The number of benzene rings is 1.